The normalized spacial score (nSPS) is 13.1. The number of azo groups is 3. The minimum atomic E-state index is -5.09. The standard InChI is InChI=1S/C40H26N6O15S4/c47-34-18-22(63(53,54)55)16-20-15-21(62(50,51)52)17-32(37(20)34)45-43-30-12-10-28(23-5-1-3-7-25(23)30)41-42-29-11-13-31(26-8-4-2-6-24(26)29)44-46-33-19-36(65(59,60)61)39(48)27-9-14-35(64(56,57)58)40(49)38(27)33/h1-19,47-49H,(H,50,51,52)(H,53,54,55)(H,56,57,58)(H,59,60,61). The molecule has 8 aromatic carbocycles. The summed E-state index contributed by atoms with van der Waals surface area (Å²) in [6.07, 6.45) is 0. The number of benzene rings is 8. The molecule has 0 heterocycles. The first-order valence-corrected chi connectivity index (χ1v) is 23.8. The topological polar surface area (TPSA) is 352 Å². The molecule has 8 rings (SSSR count). The number of nitrogens with zero attached hydrogens (tertiary/aromatic N) is 6. The Kier molecular flexibility index (Phi) is 10.9. The summed E-state index contributed by atoms with van der Waals surface area (Å²) in [6, 6.07) is 25.2. The number of aromatic hydroxyl groups is 3. The van der Waals surface area contributed by atoms with Gasteiger partial charge in [0.25, 0.3) is 40.5 Å². The molecular weight excluding hydrogens is 933 g/mol. The molecule has 0 spiro atoms. The van der Waals surface area contributed by atoms with Gasteiger partial charge in [-0.2, -0.15) is 33.7 Å². The smallest absolute Gasteiger partial charge is 0.298 e. The quantitative estimate of drug-likeness (QED) is 0.0495. The van der Waals surface area contributed by atoms with Crippen LogP contribution < -0.4 is 0 Å². The number of rotatable bonds is 10. The lowest BCUT2D eigenvalue weighted by Gasteiger charge is -2.12. The van der Waals surface area contributed by atoms with Gasteiger partial charge >= 0.3 is 0 Å². The molecular formula is C40H26N6O15S4. The van der Waals surface area contributed by atoms with Gasteiger partial charge in [-0.05, 0) is 66.0 Å². The second kappa shape index (κ2) is 16.0. The highest BCUT2D eigenvalue weighted by Crippen LogP contribution is 2.46. The van der Waals surface area contributed by atoms with Crippen molar-refractivity contribution in [3.05, 3.63) is 115 Å². The van der Waals surface area contributed by atoms with E-state index in [0.717, 1.165) is 30.3 Å². The van der Waals surface area contributed by atoms with Gasteiger partial charge in [-0.15, -0.1) is 30.7 Å². The van der Waals surface area contributed by atoms with Gasteiger partial charge in [0.2, 0.25) is 0 Å². The molecule has 0 aliphatic heterocycles. The molecule has 25 heteroatoms. The van der Waals surface area contributed by atoms with Crippen molar-refractivity contribution in [2.45, 2.75) is 19.6 Å². The molecule has 65 heavy (non-hydrogen) atoms. The Balaban J connectivity index is 1.18. The summed E-state index contributed by atoms with van der Waals surface area (Å²) in [5.41, 5.74) is 0.270. The van der Waals surface area contributed by atoms with E-state index in [1.54, 1.807) is 54.6 Å². The van der Waals surface area contributed by atoms with E-state index in [1.165, 1.54) is 18.2 Å². The van der Waals surface area contributed by atoms with E-state index < -0.39 is 93.8 Å². The van der Waals surface area contributed by atoms with Crippen molar-refractivity contribution < 1.29 is 67.2 Å². The largest absolute Gasteiger partial charge is 0.507 e. The van der Waals surface area contributed by atoms with E-state index in [4.69, 9.17) is 0 Å². The van der Waals surface area contributed by atoms with Gasteiger partial charge in [0.05, 0.1) is 54.7 Å². The average molecular weight is 959 g/mol. The third-order valence-electron chi connectivity index (χ3n) is 9.81. The Labute approximate surface area is 366 Å². The zero-order chi connectivity index (χ0) is 46.8. The molecule has 0 fully saturated rings. The Hall–Kier alpha value is -7.36. The van der Waals surface area contributed by atoms with E-state index in [-0.39, 0.29) is 27.8 Å². The lowest BCUT2D eigenvalue weighted by atomic mass is 10.1. The van der Waals surface area contributed by atoms with E-state index >= 15 is 0 Å². The first-order valence-electron chi connectivity index (χ1n) is 18.0. The highest BCUT2D eigenvalue weighted by atomic mass is 32.2. The number of phenolic OH excluding ortho intramolecular Hbond substituents is 3. The average Bonchev–Trinajstić information content (AvgIpc) is 3.23. The van der Waals surface area contributed by atoms with Crippen LogP contribution in [0.15, 0.2) is 166 Å². The van der Waals surface area contributed by atoms with Crippen LogP contribution in [-0.2, 0) is 40.5 Å². The summed E-state index contributed by atoms with van der Waals surface area (Å²) < 4.78 is 135. The van der Waals surface area contributed by atoms with Gasteiger partial charge in [-0.1, -0.05) is 48.5 Å². The van der Waals surface area contributed by atoms with Gasteiger partial charge in [-0.3, -0.25) is 18.2 Å². The maximum Gasteiger partial charge on any atom is 0.298 e. The number of hydrogen-bond acceptors (Lipinski definition) is 17. The van der Waals surface area contributed by atoms with Crippen molar-refractivity contribution in [2.24, 2.45) is 30.7 Å². The van der Waals surface area contributed by atoms with Gasteiger partial charge in [0.1, 0.15) is 27.0 Å². The monoisotopic (exact) mass is 958 g/mol. The van der Waals surface area contributed by atoms with Crippen molar-refractivity contribution in [2.75, 3.05) is 0 Å². The molecule has 0 radical (unpaired) electrons. The van der Waals surface area contributed by atoms with E-state index in [1.807, 2.05) is 0 Å². The maximum atomic E-state index is 12.1. The van der Waals surface area contributed by atoms with Crippen molar-refractivity contribution >= 4 is 118 Å². The fraction of sp³-hybridized carbons (Fsp3) is 0. The highest BCUT2D eigenvalue weighted by Gasteiger charge is 2.27. The summed E-state index contributed by atoms with van der Waals surface area (Å²) in [5, 5.41) is 58.4. The third-order valence-corrected chi connectivity index (χ3v) is 13.2. The van der Waals surface area contributed by atoms with Gasteiger partial charge in [0, 0.05) is 33.0 Å². The van der Waals surface area contributed by atoms with E-state index in [0.29, 0.717) is 45.1 Å². The molecule has 0 unspecified atom stereocenters. The predicted molar refractivity (Wildman–Crippen MR) is 233 cm³/mol. The summed E-state index contributed by atoms with van der Waals surface area (Å²) in [6.45, 7) is 0. The lowest BCUT2D eigenvalue weighted by molar-refractivity contribution is 0.441. The van der Waals surface area contributed by atoms with Crippen LogP contribution in [0.1, 0.15) is 0 Å². The second-order valence-electron chi connectivity index (χ2n) is 13.9. The maximum absolute atomic E-state index is 12.1. The number of phenols is 3. The Morgan fingerprint density at radius 2 is 0.723 bits per heavy atom. The van der Waals surface area contributed by atoms with Crippen molar-refractivity contribution in [3.8, 4) is 17.2 Å². The molecule has 0 saturated carbocycles. The minimum absolute atomic E-state index is 0.142. The Morgan fingerprint density at radius 1 is 0.338 bits per heavy atom. The lowest BCUT2D eigenvalue weighted by Crippen LogP contribution is -2.01. The second-order valence-corrected chi connectivity index (χ2v) is 19.5. The van der Waals surface area contributed by atoms with Crippen LogP contribution in [0, 0.1) is 0 Å². The first kappa shape index (κ1) is 44.3. The fourth-order valence-electron chi connectivity index (χ4n) is 6.91. The molecule has 0 aliphatic carbocycles. The zero-order valence-electron chi connectivity index (χ0n) is 32.2. The van der Waals surface area contributed by atoms with Gasteiger partial charge in [0.15, 0.2) is 0 Å². The molecule has 21 nitrogen and oxygen atoms in total. The molecule has 0 atom stereocenters. The Morgan fingerprint density at radius 3 is 1.12 bits per heavy atom. The van der Waals surface area contributed by atoms with Crippen LogP contribution in [0.4, 0.5) is 34.1 Å². The first-order chi connectivity index (χ1) is 30.5. The number of hydrogen-bond donors (Lipinski definition) is 7. The molecule has 0 aromatic heterocycles. The molecule has 0 aliphatic rings. The molecule has 0 amide bonds. The third kappa shape index (κ3) is 8.55. The molecule has 330 valence electrons. The molecule has 7 N–H and O–H groups in total. The van der Waals surface area contributed by atoms with E-state index in [2.05, 4.69) is 30.7 Å². The van der Waals surface area contributed by atoms with Crippen LogP contribution in [0.25, 0.3) is 43.1 Å². The molecule has 0 bridgehead atoms. The number of fused-ring (bicyclic) bond motifs is 4. The SMILES string of the molecule is O=S(=O)(O)c1cc(O)c2c(N=Nc3ccc(N=Nc4ccc(N=Nc5cc(S(=O)(=O)O)c(O)c6ccc(S(=O)(=O)O)c(O)c56)c5ccccc45)c4ccccc34)cc(S(=O)(=O)O)cc2c1. The minimum Gasteiger partial charge on any atom is -0.507 e. The van der Waals surface area contributed by atoms with Crippen molar-refractivity contribution in [1.82, 2.24) is 0 Å². The fourth-order valence-corrected chi connectivity index (χ4v) is 9.18. The van der Waals surface area contributed by atoms with Crippen LogP contribution in [0.2, 0.25) is 0 Å². The highest BCUT2D eigenvalue weighted by molar-refractivity contribution is 7.86. The van der Waals surface area contributed by atoms with Crippen molar-refractivity contribution in [1.29, 1.82) is 0 Å². The van der Waals surface area contributed by atoms with Crippen LogP contribution in [0.5, 0.6) is 17.2 Å². The van der Waals surface area contributed by atoms with Gasteiger partial charge in [-0.25, -0.2) is 0 Å². The summed E-state index contributed by atoms with van der Waals surface area (Å²) >= 11 is 0. The predicted octanol–water partition coefficient (Wildman–Crippen LogP) is 9.65. The Bertz CT molecular complexity index is 3930. The molecule has 0 saturated heterocycles. The summed E-state index contributed by atoms with van der Waals surface area (Å²) in [7, 11) is -19.8. The van der Waals surface area contributed by atoms with Crippen molar-refractivity contribution in [3.63, 3.8) is 0 Å². The van der Waals surface area contributed by atoms with Crippen LogP contribution >= 0.6 is 0 Å². The van der Waals surface area contributed by atoms with E-state index in [9.17, 15) is 67.2 Å². The summed E-state index contributed by atoms with van der Waals surface area (Å²) in [5.74, 6) is -2.81. The molecule has 8 aromatic rings. The van der Waals surface area contributed by atoms with Crippen LogP contribution in [-0.4, -0.2) is 67.2 Å². The van der Waals surface area contributed by atoms with Crippen LogP contribution in [0.3, 0.4) is 0 Å². The zero-order valence-corrected chi connectivity index (χ0v) is 35.4. The van der Waals surface area contributed by atoms with Gasteiger partial charge < -0.3 is 15.3 Å². The summed E-state index contributed by atoms with van der Waals surface area (Å²) in [4.78, 5) is -3.45.